The van der Waals surface area contributed by atoms with Crippen molar-refractivity contribution in [2.24, 2.45) is 0 Å². The molecular formula is C25H32N2O3. The molecule has 0 atom stereocenters. The smallest absolute Gasteiger partial charge is 0.260 e. The van der Waals surface area contributed by atoms with E-state index in [-0.39, 0.29) is 24.5 Å². The fraction of sp³-hybridized carbons (Fsp3) is 0.440. The summed E-state index contributed by atoms with van der Waals surface area (Å²) in [6, 6.07) is 13.8. The number of nitrogens with one attached hydrogen (secondary N) is 1. The molecule has 5 nitrogen and oxygen atoms in total. The van der Waals surface area contributed by atoms with Crippen LogP contribution in [0.5, 0.6) is 5.75 Å². The maximum atomic E-state index is 12.5. The first kappa shape index (κ1) is 21.9. The summed E-state index contributed by atoms with van der Waals surface area (Å²) in [6.45, 7) is 9.60. The summed E-state index contributed by atoms with van der Waals surface area (Å²) in [5, 5.41) is 3.11. The summed E-state index contributed by atoms with van der Waals surface area (Å²) >= 11 is 0. The van der Waals surface area contributed by atoms with Crippen molar-refractivity contribution in [3.8, 4) is 5.75 Å². The molecule has 1 saturated heterocycles. The van der Waals surface area contributed by atoms with Gasteiger partial charge in [-0.05, 0) is 61.9 Å². The molecule has 1 heterocycles. The number of likely N-dealkylation sites (tertiary alicyclic amines) is 1. The van der Waals surface area contributed by atoms with E-state index in [1.54, 1.807) is 0 Å². The first-order valence-corrected chi connectivity index (χ1v) is 10.7. The first-order valence-electron chi connectivity index (χ1n) is 10.7. The van der Waals surface area contributed by atoms with Crippen LogP contribution in [0.1, 0.15) is 59.7 Å². The zero-order chi connectivity index (χ0) is 21.7. The summed E-state index contributed by atoms with van der Waals surface area (Å²) < 4.78 is 5.72. The zero-order valence-corrected chi connectivity index (χ0v) is 18.4. The molecule has 160 valence electrons. The molecule has 0 unspecified atom stereocenters. The van der Waals surface area contributed by atoms with E-state index < -0.39 is 0 Å². The van der Waals surface area contributed by atoms with E-state index in [2.05, 4.69) is 19.2 Å². The minimum atomic E-state index is -0.0479. The highest BCUT2D eigenvalue weighted by Crippen LogP contribution is 2.19. The fourth-order valence-corrected chi connectivity index (χ4v) is 3.75. The Morgan fingerprint density at radius 2 is 1.73 bits per heavy atom. The second-order valence-corrected chi connectivity index (χ2v) is 8.46. The van der Waals surface area contributed by atoms with Gasteiger partial charge in [-0.3, -0.25) is 9.59 Å². The number of aryl methyl sites for hydroxylation is 2. The maximum Gasteiger partial charge on any atom is 0.260 e. The molecule has 5 heteroatoms. The van der Waals surface area contributed by atoms with Crippen LogP contribution in [0.2, 0.25) is 0 Å². The summed E-state index contributed by atoms with van der Waals surface area (Å²) in [6.07, 6.45) is 1.51. The van der Waals surface area contributed by atoms with Gasteiger partial charge in [0, 0.05) is 24.7 Å². The Morgan fingerprint density at radius 3 is 2.33 bits per heavy atom. The number of amides is 2. The molecule has 0 saturated carbocycles. The second-order valence-electron chi connectivity index (χ2n) is 8.46. The van der Waals surface area contributed by atoms with Crippen LogP contribution in [0.3, 0.4) is 0 Å². The molecule has 2 aromatic rings. The van der Waals surface area contributed by atoms with E-state index in [0.717, 1.165) is 24.2 Å². The summed E-state index contributed by atoms with van der Waals surface area (Å²) in [7, 11) is 0. The van der Waals surface area contributed by atoms with Gasteiger partial charge >= 0.3 is 0 Å². The van der Waals surface area contributed by atoms with Gasteiger partial charge in [-0.2, -0.15) is 0 Å². The number of hydrogen-bond acceptors (Lipinski definition) is 3. The van der Waals surface area contributed by atoms with Crippen molar-refractivity contribution in [2.75, 3.05) is 19.7 Å². The average molecular weight is 409 g/mol. The lowest BCUT2D eigenvalue weighted by Gasteiger charge is -2.32. The van der Waals surface area contributed by atoms with Gasteiger partial charge in [0.1, 0.15) is 5.75 Å². The minimum Gasteiger partial charge on any atom is -0.484 e. The molecule has 0 bridgehead atoms. The SMILES string of the molecule is Cc1ccc(OCC(=O)N2CCC(NC(=O)c3ccc(C(C)C)cc3)CC2)c(C)c1. The Kier molecular flexibility index (Phi) is 7.14. The number of benzene rings is 2. The van der Waals surface area contributed by atoms with Crippen molar-refractivity contribution in [3.63, 3.8) is 0 Å². The molecule has 30 heavy (non-hydrogen) atoms. The van der Waals surface area contributed by atoms with Crippen molar-refractivity contribution in [2.45, 2.75) is 52.5 Å². The standard InChI is InChI=1S/C25H32N2O3/c1-17(2)20-6-8-21(9-7-20)25(29)26-22-11-13-27(14-12-22)24(28)16-30-23-10-5-18(3)15-19(23)4/h5-10,15,17,22H,11-14,16H2,1-4H3,(H,26,29). The van der Waals surface area contributed by atoms with Crippen molar-refractivity contribution in [1.82, 2.24) is 10.2 Å². The van der Waals surface area contributed by atoms with E-state index in [0.29, 0.717) is 24.6 Å². The topological polar surface area (TPSA) is 58.6 Å². The molecular weight excluding hydrogens is 376 g/mol. The lowest BCUT2D eigenvalue weighted by Crippen LogP contribution is -2.47. The van der Waals surface area contributed by atoms with Crippen LogP contribution in [0.25, 0.3) is 0 Å². The van der Waals surface area contributed by atoms with E-state index in [4.69, 9.17) is 4.74 Å². The maximum absolute atomic E-state index is 12.5. The minimum absolute atomic E-state index is 0.0102. The molecule has 0 radical (unpaired) electrons. The molecule has 2 amide bonds. The second kappa shape index (κ2) is 9.79. The number of carbonyl (C=O) groups excluding carboxylic acids is 2. The molecule has 1 N–H and O–H groups in total. The van der Waals surface area contributed by atoms with Crippen LogP contribution in [0.15, 0.2) is 42.5 Å². The van der Waals surface area contributed by atoms with Gasteiger partial charge in [0.2, 0.25) is 0 Å². The number of nitrogens with zero attached hydrogens (tertiary/aromatic N) is 1. The van der Waals surface area contributed by atoms with Crippen LogP contribution in [0.4, 0.5) is 0 Å². The number of hydrogen-bond donors (Lipinski definition) is 1. The monoisotopic (exact) mass is 408 g/mol. The van der Waals surface area contributed by atoms with Crippen molar-refractivity contribution in [1.29, 1.82) is 0 Å². The third-order valence-corrected chi connectivity index (χ3v) is 5.70. The van der Waals surface area contributed by atoms with Gasteiger partial charge in [-0.25, -0.2) is 0 Å². The predicted octanol–water partition coefficient (Wildman–Crippen LogP) is 4.23. The third-order valence-electron chi connectivity index (χ3n) is 5.70. The Hall–Kier alpha value is -2.82. The fourth-order valence-electron chi connectivity index (χ4n) is 3.75. The molecule has 0 spiro atoms. The number of piperidine rings is 1. The Bertz CT molecular complexity index is 882. The van der Waals surface area contributed by atoms with E-state index in [1.807, 2.05) is 61.2 Å². The lowest BCUT2D eigenvalue weighted by molar-refractivity contribution is -0.134. The summed E-state index contributed by atoms with van der Waals surface area (Å²) in [5.74, 6) is 1.14. The van der Waals surface area contributed by atoms with Gasteiger partial charge in [0.25, 0.3) is 11.8 Å². The highest BCUT2D eigenvalue weighted by molar-refractivity contribution is 5.94. The highest BCUT2D eigenvalue weighted by Gasteiger charge is 2.24. The van der Waals surface area contributed by atoms with Crippen molar-refractivity contribution >= 4 is 11.8 Å². The summed E-state index contributed by atoms with van der Waals surface area (Å²) in [4.78, 5) is 26.8. The first-order chi connectivity index (χ1) is 14.3. The predicted molar refractivity (Wildman–Crippen MR) is 119 cm³/mol. The molecule has 1 aliphatic rings. The highest BCUT2D eigenvalue weighted by atomic mass is 16.5. The van der Waals surface area contributed by atoms with Gasteiger partial charge in [-0.1, -0.05) is 43.7 Å². The number of carbonyl (C=O) groups is 2. The van der Waals surface area contributed by atoms with Gasteiger partial charge < -0.3 is 15.0 Å². The molecule has 1 aliphatic heterocycles. The van der Waals surface area contributed by atoms with E-state index >= 15 is 0 Å². The summed E-state index contributed by atoms with van der Waals surface area (Å²) in [5.41, 5.74) is 4.11. The number of rotatable bonds is 6. The molecule has 0 aromatic heterocycles. The van der Waals surface area contributed by atoms with Crippen LogP contribution >= 0.6 is 0 Å². The van der Waals surface area contributed by atoms with Gasteiger partial charge in [-0.15, -0.1) is 0 Å². The Morgan fingerprint density at radius 1 is 1.07 bits per heavy atom. The van der Waals surface area contributed by atoms with Crippen molar-refractivity contribution < 1.29 is 14.3 Å². The van der Waals surface area contributed by atoms with E-state index in [9.17, 15) is 9.59 Å². The van der Waals surface area contributed by atoms with Crippen LogP contribution < -0.4 is 10.1 Å². The lowest BCUT2D eigenvalue weighted by atomic mass is 10.0. The quantitative estimate of drug-likeness (QED) is 0.778. The van der Waals surface area contributed by atoms with Gasteiger partial charge in [0.05, 0.1) is 0 Å². The van der Waals surface area contributed by atoms with Gasteiger partial charge in [0.15, 0.2) is 6.61 Å². The molecule has 0 aliphatic carbocycles. The third kappa shape index (κ3) is 5.62. The van der Waals surface area contributed by atoms with Crippen molar-refractivity contribution in [3.05, 3.63) is 64.7 Å². The average Bonchev–Trinajstić information content (AvgIpc) is 2.73. The largest absolute Gasteiger partial charge is 0.484 e. The number of ether oxygens (including phenoxy) is 1. The Balaban J connectivity index is 1.44. The van der Waals surface area contributed by atoms with E-state index in [1.165, 1.54) is 11.1 Å². The normalized spacial score (nSPS) is 14.6. The Labute approximate surface area is 179 Å². The zero-order valence-electron chi connectivity index (χ0n) is 18.4. The molecule has 1 fully saturated rings. The van der Waals surface area contributed by atoms with Crippen LogP contribution in [-0.4, -0.2) is 42.5 Å². The van der Waals surface area contributed by atoms with Crippen LogP contribution in [-0.2, 0) is 4.79 Å². The molecule has 2 aromatic carbocycles. The molecule has 3 rings (SSSR count). The van der Waals surface area contributed by atoms with Crippen LogP contribution in [0, 0.1) is 13.8 Å².